The average molecular weight is 275 g/mol. The first-order valence-corrected chi connectivity index (χ1v) is 8.27. The molecule has 0 bridgehead atoms. The molecular formula is C11H21N3O3S. The van der Waals surface area contributed by atoms with E-state index in [2.05, 4.69) is 10.2 Å². The lowest BCUT2D eigenvalue weighted by Crippen LogP contribution is -2.49. The van der Waals surface area contributed by atoms with Crippen molar-refractivity contribution in [2.75, 3.05) is 45.5 Å². The van der Waals surface area contributed by atoms with Gasteiger partial charge in [-0.3, -0.25) is 9.69 Å². The molecule has 1 saturated carbocycles. The summed E-state index contributed by atoms with van der Waals surface area (Å²) in [4.78, 5) is 13.6. The molecule has 2 fully saturated rings. The second-order valence-corrected chi connectivity index (χ2v) is 7.05. The van der Waals surface area contributed by atoms with Crippen molar-refractivity contribution in [2.24, 2.45) is 5.92 Å². The van der Waals surface area contributed by atoms with Crippen molar-refractivity contribution in [2.45, 2.75) is 12.8 Å². The van der Waals surface area contributed by atoms with E-state index in [0.717, 1.165) is 32.5 Å². The molecule has 0 unspecified atom stereocenters. The topological polar surface area (TPSA) is 69.7 Å². The molecule has 1 N–H and O–H groups in total. The van der Waals surface area contributed by atoms with E-state index in [1.54, 1.807) is 0 Å². The van der Waals surface area contributed by atoms with Crippen molar-refractivity contribution in [3.63, 3.8) is 0 Å². The van der Waals surface area contributed by atoms with Gasteiger partial charge >= 0.3 is 0 Å². The highest BCUT2D eigenvalue weighted by atomic mass is 32.2. The van der Waals surface area contributed by atoms with Gasteiger partial charge < -0.3 is 5.32 Å². The van der Waals surface area contributed by atoms with Gasteiger partial charge in [0.2, 0.25) is 15.9 Å². The van der Waals surface area contributed by atoms with Gasteiger partial charge in [-0.05, 0) is 12.8 Å². The number of hydrogen-bond acceptors (Lipinski definition) is 4. The fraction of sp³-hybridized carbons (Fsp3) is 0.909. The lowest BCUT2D eigenvalue weighted by Gasteiger charge is -2.33. The summed E-state index contributed by atoms with van der Waals surface area (Å²) in [6.45, 7) is 4.05. The van der Waals surface area contributed by atoms with Gasteiger partial charge in [0.15, 0.2) is 0 Å². The van der Waals surface area contributed by atoms with E-state index in [1.807, 2.05) is 0 Å². The normalized spacial score (nSPS) is 22.9. The smallest absolute Gasteiger partial charge is 0.223 e. The first-order valence-electron chi connectivity index (χ1n) is 6.42. The molecule has 2 rings (SSSR count). The number of carbonyl (C=O) groups excluding carboxylic acids is 1. The number of carbonyl (C=O) groups is 1. The van der Waals surface area contributed by atoms with Crippen molar-refractivity contribution in [3.8, 4) is 0 Å². The van der Waals surface area contributed by atoms with Gasteiger partial charge in [-0.1, -0.05) is 0 Å². The summed E-state index contributed by atoms with van der Waals surface area (Å²) in [5.74, 6) is 0.428. The Morgan fingerprint density at radius 1 is 1.22 bits per heavy atom. The number of rotatable bonds is 5. The summed E-state index contributed by atoms with van der Waals surface area (Å²) < 4.78 is 24.2. The molecule has 2 aliphatic rings. The van der Waals surface area contributed by atoms with Gasteiger partial charge in [-0.2, -0.15) is 4.31 Å². The highest BCUT2D eigenvalue weighted by Crippen LogP contribution is 2.28. The van der Waals surface area contributed by atoms with Crippen LogP contribution in [0.15, 0.2) is 0 Å². The third-order valence-electron chi connectivity index (χ3n) is 3.48. The van der Waals surface area contributed by atoms with Crippen LogP contribution in [0.5, 0.6) is 0 Å². The molecule has 1 aliphatic heterocycles. The van der Waals surface area contributed by atoms with Crippen LogP contribution >= 0.6 is 0 Å². The van der Waals surface area contributed by atoms with Crippen LogP contribution in [0.2, 0.25) is 0 Å². The molecule has 18 heavy (non-hydrogen) atoms. The van der Waals surface area contributed by atoms with E-state index in [4.69, 9.17) is 0 Å². The van der Waals surface area contributed by atoms with Crippen LogP contribution in [-0.2, 0) is 14.8 Å². The number of nitrogens with zero attached hydrogens (tertiary/aromatic N) is 2. The molecule has 7 heteroatoms. The van der Waals surface area contributed by atoms with Crippen molar-refractivity contribution in [1.82, 2.24) is 14.5 Å². The maximum atomic E-state index is 11.4. The molecule has 1 saturated heterocycles. The molecule has 104 valence electrons. The average Bonchev–Trinajstić information content (AvgIpc) is 3.12. The predicted octanol–water partition coefficient (Wildman–Crippen LogP) is -0.910. The van der Waals surface area contributed by atoms with Crippen LogP contribution in [-0.4, -0.2) is 69.1 Å². The number of amides is 1. The molecule has 0 aromatic rings. The summed E-state index contributed by atoms with van der Waals surface area (Å²) >= 11 is 0. The largest absolute Gasteiger partial charge is 0.355 e. The Kier molecular flexibility index (Phi) is 4.24. The summed E-state index contributed by atoms with van der Waals surface area (Å²) in [6.07, 6.45) is 3.30. The Hall–Kier alpha value is -0.660. The highest BCUT2D eigenvalue weighted by molar-refractivity contribution is 7.88. The summed E-state index contributed by atoms with van der Waals surface area (Å²) in [5.41, 5.74) is 0. The van der Waals surface area contributed by atoms with E-state index in [0.29, 0.717) is 19.6 Å². The Morgan fingerprint density at radius 3 is 2.33 bits per heavy atom. The van der Waals surface area contributed by atoms with Crippen molar-refractivity contribution in [3.05, 3.63) is 0 Å². The van der Waals surface area contributed by atoms with Crippen LogP contribution in [0.3, 0.4) is 0 Å². The van der Waals surface area contributed by atoms with E-state index >= 15 is 0 Å². The molecule has 0 spiro atoms. The summed E-state index contributed by atoms with van der Waals surface area (Å²) in [5, 5.41) is 2.92. The Morgan fingerprint density at radius 2 is 1.83 bits per heavy atom. The van der Waals surface area contributed by atoms with E-state index in [-0.39, 0.29) is 11.8 Å². The van der Waals surface area contributed by atoms with Crippen molar-refractivity contribution in [1.29, 1.82) is 0 Å². The standard InChI is InChI=1S/C11H21N3O3S/c1-18(16,17)14-8-6-13(7-9-14)5-4-12-11(15)10-2-3-10/h10H,2-9H2,1H3,(H,12,15). The quantitative estimate of drug-likeness (QED) is 0.705. The van der Waals surface area contributed by atoms with Gasteiger partial charge in [0.05, 0.1) is 6.26 Å². The third-order valence-corrected chi connectivity index (χ3v) is 4.78. The maximum Gasteiger partial charge on any atom is 0.223 e. The molecule has 1 aliphatic carbocycles. The predicted molar refractivity (Wildman–Crippen MR) is 68.6 cm³/mol. The molecule has 0 aromatic carbocycles. The molecule has 1 amide bonds. The number of piperazine rings is 1. The van der Waals surface area contributed by atoms with Gasteiger partial charge in [0.1, 0.15) is 0 Å². The fourth-order valence-electron chi connectivity index (χ4n) is 2.11. The zero-order valence-electron chi connectivity index (χ0n) is 10.8. The van der Waals surface area contributed by atoms with Crippen LogP contribution in [0, 0.1) is 5.92 Å². The SMILES string of the molecule is CS(=O)(=O)N1CCN(CCNC(=O)C2CC2)CC1. The van der Waals surface area contributed by atoms with Gasteiger partial charge in [0.25, 0.3) is 0 Å². The second-order valence-electron chi connectivity index (χ2n) is 5.07. The zero-order valence-corrected chi connectivity index (χ0v) is 11.6. The Bertz CT molecular complexity index is 398. The maximum absolute atomic E-state index is 11.4. The van der Waals surface area contributed by atoms with Crippen LogP contribution in [0.4, 0.5) is 0 Å². The lowest BCUT2D eigenvalue weighted by atomic mass is 10.3. The zero-order chi connectivity index (χ0) is 13.2. The van der Waals surface area contributed by atoms with E-state index in [1.165, 1.54) is 10.6 Å². The van der Waals surface area contributed by atoms with Crippen LogP contribution < -0.4 is 5.32 Å². The van der Waals surface area contributed by atoms with Crippen molar-refractivity contribution >= 4 is 15.9 Å². The summed E-state index contributed by atoms with van der Waals surface area (Å²) in [6, 6.07) is 0. The minimum absolute atomic E-state index is 0.171. The van der Waals surface area contributed by atoms with E-state index in [9.17, 15) is 13.2 Å². The molecule has 1 heterocycles. The molecule has 6 nitrogen and oxygen atoms in total. The molecule has 0 atom stereocenters. The Labute approximate surface area is 108 Å². The molecule has 0 radical (unpaired) electrons. The van der Waals surface area contributed by atoms with Crippen LogP contribution in [0.25, 0.3) is 0 Å². The third kappa shape index (κ3) is 3.93. The minimum atomic E-state index is -3.05. The van der Waals surface area contributed by atoms with Gasteiger partial charge in [-0.15, -0.1) is 0 Å². The first kappa shape index (κ1) is 13.8. The number of hydrogen-bond donors (Lipinski definition) is 1. The van der Waals surface area contributed by atoms with Gasteiger partial charge in [-0.25, -0.2) is 8.42 Å². The fourth-order valence-corrected chi connectivity index (χ4v) is 2.94. The van der Waals surface area contributed by atoms with Crippen LogP contribution in [0.1, 0.15) is 12.8 Å². The monoisotopic (exact) mass is 275 g/mol. The molecular weight excluding hydrogens is 254 g/mol. The summed E-state index contributed by atoms with van der Waals surface area (Å²) in [7, 11) is -3.05. The second kappa shape index (κ2) is 5.54. The number of nitrogens with one attached hydrogen (secondary N) is 1. The lowest BCUT2D eigenvalue weighted by molar-refractivity contribution is -0.122. The van der Waals surface area contributed by atoms with Crippen molar-refractivity contribution < 1.29 is 13.2 Å². The molecule has 0 aromatic heterocycles. The Balaban J connectivity index is 1.63. The van der Waals surface area contributed by atoms with E-state index < -0.39 is 10.0 Å². The minimum Gasteiger partial charge on any atom is -0.355 e. The first-order chi connectivity index (χ1) is 8.47. The number of sulfonamides is 1. The van der Waals surface area contributed by atoms with Gasteiger partial charge in [0, 0.05) is 45.2 Å². The highest BCUT2D eigenvalue weighted by Gasteiger charge is 2.29.